The summed E-state index contributed by atoms with van der Waals surface area (Å²) in [6.45, 7) is 0. The Morgan fingerprint density at radius 1 is 0.735 bits per heavy atom. The summed E-state index contributed by atoms with van der Waals surface area (Å²) in [6, 6.07) is 33.6. The molecule has 0 aromatic heterocycles. The molecule has 0 atom stereocenters. The van der Waals surface area contributed by atoms with Crippen LogP contribution in [-0.2, 0) is 4.79 Å². The second-order valence-electron chi connectivity index (χ2n) is 7.54. The van der Waals surface area contributed by atoms with E-state index in [4.69, 9.17) is 0 Å². The van der Waals surface area contributed by atoms with Crippen LogP contribution in [0.1, 0.15) is 33.0 Å². The summed E-state index contributed by atoms with van der Waals surface area (Å²) in [5.74, 6) is -0.933. The molecule has 0 heterocycles. The summed E-state index contributed by atoms with van der Waals surface area (Å²) in [7, 11) is 0. The number of carbonyl (C=O) groups excluding carboxylic acids is 2. The Morgan fingerprint density at radius 3 is 1.88 bits per heavy atom. The number of amides is 2. The van der Waals surface area contributed by atoms with Crippen LogP contribution in [0, 0.1) is 0 Å². The Kier molecular flexibility index (Phi) is 7.63. The highest BCUT2D eigenvalue weighted by molar-refractivity contribution is 9.10. The fourth-order valence-corrected chi connectivity index (χ4v) is 3.90. The molecule has 0 spiro atoms. The van der Waals surface area contributed by atoms with Gasteiger partial charge in [0.25, 0.3) is 5.91 Å². The van der Waals surface area contributed by atoms with E-state index in [1.165, 1.54) is 0 Å². The molecular formula is C28H22BrN3O2. The van der Waals surface area contributed by atoms with Crippen molar-refractivity contribution in [3.8, 4) is 0 Å². The zero-order chi connectivity index (χ0) is 23.8. The van der Waals surface area contributed by atoms with Crippen LogP contribution in [0.3, 0.4) is 0 Å². The molecule has 0 bridgehead atoms. The number of benzene rings is 4. The first-order valence-electron chi connectivity index (χ1n) is 10.7. The van der Waals surface area contributed by atoms with Gasteiger partial charge in [-0.05, 0) is 41.5 Å². The SMILES string of the molecule is O=C(NN=Cc1ccccc1Br)c1ccc(NC(=O)C(c2ccccc2)c2ccccc2)cc1. The first-order valence-corrected chi connectivity index (χ1v) is 11.5. The van der Waals surface area contributed by atoms with Crippen LogP contribution < -0.4 is 10.7 Å². The zero-order valence-corrected chi connectivity index (χ0v) is 19.8. The molecule has 2 amide bonds. The Hall–Kier alpha value is -4.03. The van der Waals surface area contributed by atoms with Crippen LogP contribution in [-0.4, -0.2) is 18.0 Å². The summed E-state index contributed by atoms with van der Waals surface area (Å²) in [5, 5.41) is 6.99. The maximum Gasteiger partial charge on any atom is 0.271 e. The lowest BCUT2D eigenvalue weighted by atomic mass is 9.90. The maximum atomic E-state index is 13.2. The van der Waals surface area contributed by atoms with Crippen LogP contribution in [0.2, 0.25) is 0 Å². The van der Waals surface area contributed by atoms with Crippen molar-refractivity contribution in [3.05, 3.63) is 136 Å². The molecule has 0 fully saturated rings. The highest BCUT2D eigenvalue weighted by atomic mass is 79.9. The molecule has 0 unspecified atom stereocenters. The molecule has 0 radical (unpaired) electrons. The molecule has 0 aliphatic heterocycles. The quantitative estimate of drug-likeness (QED) is 0.236. The minimum absolute atomic E-state index is 0.146. The van der Waals surface area contributed by atoms with E-state index in [0.717, 1.165) is 21.2 Å². The standard InChI is InChI=1S/C28H22BrN3O2/c29-25-14-8-7-13-23(25)19-30-32-27(33)22-15-17-24(18-16-22)31-28(34)26(20-9-3-1-4-10-20)21-11-5-2-6-12-21/h1-19,26H,(H,31,34)(H,32,33). The van der Waals surface area contributed by atoms with Crippen molar-refractivity contribution in [2.24, 2.45) is 5.10 Å². The second-order valence-corrected chi connectivity index (χ2v) is 8.40. The number of nitrogens with zero attached hydrogens (tertiary/aromatic N) is 1. The van der Waals surface area contributed by atoms with Gasteiger partial charge in [0.05, 0.1) is 12.1 Å². The van der Waals surface area contributed by atoms with Crippen LogP contribution in [0.25, 0.3) is 0 Å². The zero-order valence-electron chi connectivity index (χ0n) is 18.2. The maximum absolute atomic E-state index is 13.2. The van der Waals surface area contributed by atoms with Crippen molar-refractivity contribution in [3.63, 3.8) is 0 Å². The molecule has 0 aliphatic carbocycles. The molecule has 5 nitrogen and oxygen atoms in total. The van der Waals surface area contributed by atoms with Crippen molar-refractivity contribution >= 4 is 39.6 Å². The van der Waals surface area contributed by atoms with Crippen molar-refractivity contribution in [1.29, 1.82) is 0 Å². The Labute approximate surface area is 206 Å². The van der Waals surface area contributed by atoms with Crippen LogP contribution >= 0.6 is 15.9 Å². The summed E-state index contributed by atoms with van der Waals surface area (Å²) in [6.07, 6.45) is 1.57. The number of nitrogens with one attached hydrogen (secondary N) is 2. The van der Waals surface area contributed by atoms with Gasteiger partial charge in [-0.15, -0.1) is 0 Å². The van der Waals surface area contributed by atoms with Gasteiger partial charge < -0.3 is 5.32 Å². The summed E-state index contributed by atoms with van der Waals surface area (Å²) < 4.78 is 0.886. The fraction of sp³-hybridized carbons (Fsp3) is 0.0357. The molecule has 0 saturated heterocycles. The minimum atomic E-state index is -0.447. The average molecular weight is 512 g/mol. The predicted octanol–water partition coefficient (Wildman–Crippen LogP) is 5.98. The summed E-state index contributed by atoms with van der Waals surface area (Å²) in [5.41, 5.74) is 6.23. The Bertz CT molecular complexity index is 1250. The van der Waals surface area contributed by atoms with Crippen molar-refractivity contribution in [2.45, 2.75) is 5.92 Å². The molecule has 6 heteroatoms. The largest absolute Gasteiger partial charge is 0.325 e. The third-order valence-corrected chi connectivity index (χ3v) is 5.94. The molecule has 0 aliphatic rings. The minimum Gasteiger partial charge on any atom is -0.325 e. The molecule has 168 valence electrons. The molecule has 4 aromatic carbocycles. The van der Waals surface area contributed by atoms with E-state index in [9.17, 15) is 9.59 Å². The van der Waals surface area contributed by atoms with Gasteiger partial charge in [0, 0.05) is 21.3 Å². The summed E-state index contributed by atoms with van der Waals surface area (Å²) >= 11 is 3.44. The van der Waals surface area contributed by atoms with E-state index in [2.05, 4.69) is 31.8 Å². The van der Waals surface area contributed by atoms with Crippen molar-refractivity contribution < 1.29 is 9.59 Å². The molecule has 2 N–H and O–H groups in total. The average Bonchev–Trinajstić information content (AvgIpc) is 2.87. The number of hydrogen-bond acceptors (Lipinski definition) is 3. The van der Waals surface area contributed by atoms with E-state index in [1.54, 1.807) is 30.5 Å². The second kappa shape index (κ2) is 11.2. The third-order valence-electron chi connectivity index (χ3n) is 5.22. The van der Waals surface area contributed by atoms with Crippen molar-refractivity contribution in [1.82, 2.24) is 5.43 Å². The number of halogens is 1. The lowest BCUT2D eigenvalue weighted by Crippen LogP contribution is -2.22. The smallest absolute Gasteiger partial charge is 0.271 e. The highest BCUT2D eigenvalue weighted by Gasteiger charge is 2.22. The number of hydrogen-bond donors (Lipinski definition) is 2. The topological polar surface area (TPSA) is 70.6 Å². The van der Waals surface area contributed by atoms with Gasteiger partial charge in [-0.2, -0.15) is 5.10 Å². The lowest BCUT2D eigenvalue weighted by Gasteiger charge is -2.18. The summed E-state index contributed by atoms with van der Waals surface area (Å²) in [4.78, 5) is 25.6. The van der Waals surface area contributed by atoms with E-state index < -0.39 is 5.92 Å². The monoisotopic (exact) mass is 511 g/mol. The van der Waals surface area contributed by atoms with Crippen LogP contribution in [0.4, 0.5) is 5.69 Å². The van der Waals surface area contributed by atoms with Gasteiger partial charge in [-0.3, -0.25) is 9.59 Å². The first kappa shape index (κ1) is 23.1. The molecule has 4 rings (SSSR count). The number of carbonyl (C=O) groups is 2. The van der Waals surface area contributed by atoms with Gasteiger partial charge in [-0.1, -0.05) is 94.8 Å². The normalized spacial score (nSPS) is 10.9. The number of anilines is 1. The fourth-order valence-electron chi connectivity index (χ4n) is 3.51. The number of rotatable bonds is 7. The molecule has 4 aromatic rings. The van der Waals surface area contributed by atoms with Crippen LogP contribution in [0.5, 0.6) is 0 Å². The number of hydrazone groups is 1. The molecule has 0 saturated carbocycles. The van der Waals surface area contributed by atoms with Crippen molar-refractivity contribution in [2.75, 3.05) is 5.32 Å². The van der Waals surface area contributed by atoms with Gasteiger partial charge in [-0.25, -0.2) is 5.43 Å². The van der Waals surface area contributed by atoms with E-state index in [1.807, 2.05) is 84.9 Å². The molecular weight excluding hydrogens is 490 g/mol. The molecule has 34 heavy (non-hydrogen) atoms. The highest BCUT2D eigenvalue weighted by Crippen LogP contribution is 2.26. The van der Waals surface area contributed by atoms with Gasteiger partial charge >= 0.3 is 0 Å². The van der Waals surface area contributed by atoms with E-state index in [-0.39, 0.29) is 11.8 Å². The van der Waals surface area contributed by atoms with Gasteiger partial charge in [0.2, 0.25) is 5.91 Å². The van der Waals surface area contributed by atoms with Gasteiger partial charge in [0.1, 0.15) is 0 Å². The van der Waals surface area contributed by atoms with Gasteiger partial charge in [0.15, 0.2) is 0 Å². The van der Waals surface area contributed by atoms with Crippen LogP contribution in [0.15, 0.2) is 119 Å². The Morgan fingerprint density at radius 2 is 1.29 bits per heavy atom. The third kappa shape index (κ3) is 5.85. The Balaban J connectivity index is 1.43. The van der Waals surface area contributed by atoms with E-state index in [0.29, 0.717) is 11.3 Å². The lowest BCUT2D eigenvalue weighted by molar-refractivity contribution is -0.116. The predicted molar refractivity (Wildman–Crippen MR) is 139 cm³/mol. The van der Waals surface area contributed by atoms with E-state index >= 15 is 0 Å². The first-order chi connectivity index (χ1) is 16.6.